The molecule has 0 bridgehead atoms. The molecule has 1 N–H and O–H groups in total. The number of aromatic nitrogens is 2. The standard InChI is InChI=1S/C18H18ClFN4O/c1-10-15(19)7-12(8-16(10)20)21-18(25)23(3)13-5-6-14-11(2)24(4)22-17(14)9-13/h5-9H,1-4H3,(H,21,25). The van der Waals surface area contributed by atoms with Crippen molar-refractivity contribution in [3.05, 3.63) is 52.4 Å². The van der Waals surface area contributed by atoms with Gasteiger partial charge in [0.2, 0.25) is 0 Å². The highest BCUT2D eigenvalue weighted by molar-refractivity contribution is 6.31. The molecule has 25 heavy (non-hydrogen) atoms. The van der Waals surface area contributed by atoms with Crippen molar-refractivity contribution in [2.24, 2.45) is 7.05 Å². The van der Waals surface area contributed by atoms with Crippen molar-refractivity contribution >= 4 is 39.9 Å². The van der Waals surface area contributed by atoms with Gasteiger partial charge in [-0.05, 0) is 44.2 Å². The van der Waals surface area contributed by atoms with Gasteiger partial charge in [0.1, 0.15) is 5.82 Å². The van der Waals surface area contributed by atoms with Crippen LogP contribution in [0, 0.1) is 19.7 Å². The van der Waals surface area contributed by atoms with E-state index in [-0.39, 0.29) is 5.02 Å². The number of carbonyl (C=O) groups is 1. The highest BCUT2D eigenvalue weighted by atomic mass is 35.5. The molecule has 0 saturated heterocycles. The molecule has 0 aliphatic heterocycles. The topological polar surface area (TPSA) is 50.2 Å². The summed E-state index contributed by atoms with van der Waals surface area (Å²) >= 11 is 5.97. The molecule has 0 saturated carbocycles. The molecule has 2 aromatic carbocycles. The molecule has 7 heteroatoms. The van der Waals surface area contributed by atoms with Crippen molar-refractivity contribution in [1.29, 1.82) is 0 Å². The summed E-state index contributed by atoms with van der Waals surface area (Å²) in [6.45, 7) is 3.57. The van der Waals surface area contributed by atoms with E-state index in [0.29, 0.717) is 16.9 Å². The highest BCUT2D eigenvalue weighted by Gasteiger charge is 2.15. The number of hydrogen-bond donors (Lipinski definition) is 1. The molecular weight excluding hydrogens is 343 g/mol. The van der Waals surface area contributed by atoms with Crippen LogP contribution < -0.4 is 10.2 Å². The lowest BCUT2D eigenvalue weighted by atomic mass is 10.2. The van der Waals surface area contributed by atoms with E-state index < -0.39 is 11.8 Å². The summed E-state index contributed by atoms with van der Waals surface area (Å²) in [6, 6.07) is 7.99. The second-order valence-electron chi connectivity index (χ2n) is 5.96. The van der Waals surface area contributed by atoms with Crippen LogP contribution in [0.5, 0.6) is 0 Å². The van der Waals surface area contributed by atoms with E-state index in [1.54, 1.807) is 18.7 Å². The Morgan fingerprint density at radius 2 is 2.00 bits per heavy atom. The van der Waals surface area contributed by atoms with Gasteiger partial charge in [0.05, 0.1) is 5.52 Å². The van der Waals surface area contributed by atoms with Gasteiger partial charge in [-0.15, -0.1) is 0 Å². The Morgan fingerprint density at radius 3 is 2.68 bits per heavy atom. The number of amides is 2. The number of nitrogens with one attached hydrogen (secondary N) is 1. The average molecular weight is 361 g/mol. The van der Waals surface area contributed by atoms with E-state index in [4.69, 9.17) is 11.6 Å². The van der Waals surface area contributed by atoms with Crippen molar-refractivity contribution in [3.63, 3.8) is 0 Å². The van der Waals surface area contributed by atoms with E-state index in [1.165, 1.54) is 17.0 Å². The lowest BCUT2D eigenvalue weighted by molar-refractivity contribution is 0.258. The molecular formula is C18H18ClFN4O. The summed E-state index contributed by atoms with van der Waals surface area (Å²) in [5.74, 6) is -0.462. The maximum Gasteiger partial charge on any atom is 0.326 e. The summed E-state index contributed by atoms with van der Waals surface area (Å²) in [6.07, 6.45) is 0. The smallest absolute Gasteiger partial charge is 0.307 e. The minimum Gasteiger partial charge on any atom is -0.307 e. The summed E-state index contributed by atoms with van der Waals surface area (Å²) in [7, 11) is 3.51. The normalized spacial score (nSPS) is 11.0. The Kier molecular flexibility index (Phi) is 4.39. The Morgan fingerprint density at radius 1 is 1.28 bits per heavy atom. The van der Waals surface area contributed by atoms with Gasteiger partial charge in [-0.25, -0.2) is 9.18 Å². The quantitative estimate of drug-likeness (QED) is 0.723. The number of fused-ring (bicyclic) bond motifs is 1. The van der Waals surface area contributed by atoms with Crippen molar-refractivity contribution < 1.29 is 9.18 Å². The van der Waals surface area contributed by atoms with Crippen LogP contribution in [0.25, 0.3) is 10.9 Å². The van der Waals surface area contributed by atoms with Crippen molar-refractivity contribution in [2.45, 2.75) is 13.8 Å². The number of rotatable bonds is 2. The molecule has 3 aromatic rings. The van der Waals surface area contributed by atoms with Gasteiger partial charge in [-0.3, -0.25) is 9.58 Å². The van der Waals surface area contributed by atoms with Crippen LogP contribution in [0.15, 0.2) is 30.3 Å². The molecule has 0 aliphatic carbocycles. The fourth-order valence-corrected chi connectivity index (χ4v) is 2.78. The molecule has 5 nitrogen and oxygen atoms in total. The first kappa shape index (κ1) is 17.2. The summed E-state index contributed by atoms with van der Waals surface area (Å²) in [5.41, 5.74) is 3.20. The number of urea groups is 1. The first-order valence-corrected chi connectivity index (χ1v) is 8.09. The first-order chi connectivity index (χ1) is 11.8. The van der Waals surface area contributed by atoms with Gasteiger partial charge >= 0.3 is 6.03 Å². The molecule has 0 spiro atoms. The molecule has 0 atom stereocenters. The molecule has 0 fully saturated rings. The van der Waals surface area contributed by atoms with Crippen LogP contribution in [-0.2, 0) is 7.05 Å². The Bertz CT molecular complexity index is 960. The maximum absolute atomic E-state index is 13.8. The van der Waals surface area contributed by atoms with Gasteiger partial charge in [0.25, 0.3) is 0 Å². The average Bonchev–Trinajstić information content (AvgIpc) is 2.85. The fourth-order valence-electron chi connectivity index (χ4n) is 2.57. The van der Waals surface area contributed by atoms with E-state index in [9.17, 15) is 9.18 Å². The summed E-state index contributed by atoms with van der Waals surface area (Å²) in [4.78, 5) is 13.9. The predicted octanol–water partition coefficient (Wildman–Crippen LogP) is 4.65. The van der Waals surface area contributed by atoms with Crippen molar-refractivity contribution in [2.75, 3.05) is 17.3 Å². The summed E-state index contributed by atoms with van der Waals surface area (Å²) in [5, 5.41) is 8.38. The maximum atomic E-state index is 13.8. The molecule has 0 radical (unpaired) electrons. The SMILES string of the molecule is Cc1c(F)cc(NC(=O)N(C)c2ccc3c(C)n(C)nc3c2)cc1Cl. The third kappa shape index (κ3) is 3.17. The number of aryl methyl sites for hydroxylation is 2. The number of carbonyl (C=O) groups excluding carboxylic acids is 1. The van der Waals surface area contributed by atoms with E-state index in [2.05, 4.69) is 10.4 Å². The fraction of sp³-hybridized carbons (Fsp3) is 0.222. The zero-order valence-electron chi connectivity index (χ0n) is 14.4. The minimum absolute atomic E-state index is 0.267. The van der Waals surface area contributed by atoms with Gasteiger partial charge in [-0.2, -0.15) is 5.10 Å². The number of anilines is 2. The largest absolute Gasteiger partial charge is 0.326 e. The van der Waals surface area contributed by atoms with Crippen molar-refractivity contribution in [1.82, 2.24) is 9.78 Å². The zero-order chi connectivity index (χ0) is 18.3. The third-order valence-corrected chi connectivity index (χ3v) is 4.73. The van der Waals surface area contributed by atoms with E-state index in [1.807, 2.05) is 32.2 Å². The second kappa shape index (κ2) is 6.37. The van der Waals surface area contributed by atoms with Gasteiger partial charge in [0, 0.05) is 47.1 Å². The first-order valence-electron chi connectivity index (χ1n) is 7.71. The van der Waals surface area contributed by atoms with Crippen molar-refractivity contribution in [3.8, 4) is 0 Å². The van der Waals surface area contributed by atoms with Crippen LogP contribution in [0.4, 0.5) is 20.6 Å². The van der Waals surface area contributed by atoms with Crippen LogP contribution in [-0.4, -0.2) is 22.9 Å². The minimum atomic E-state index is -0.462. The third-order valence-electron chi connectivity index (χ3n) is 4.34. The van der Waals surface area contributed by atoms with E-state index in [0.717, 1.165) is 16.6 Å². The number of nitrogens with zero attached hydrogens (tertiary/aromatic N) is 3. The molecule has 130 valence electrons. The molecule has 1 aromatic heterocycles. The highest BCUT2D eigenvalue weighted by Crippen LogP contribution is 2.26. The lowest BCUT2D eigenvalue weighted by Gasteiger charge is -2.18. The zero-order valence-corrected chi connectivity index (χ0v) is 15.1. The summed E-state index contributed by atoms with van der Waals surface area (Å²) < 4.78 is 15.6. The number of halogens is 2. The Balaban J connectivity index is 1.85. The molecule has 0 unspecified atom stereocenters. The lowest BCUT2D eigenvalue weighted by Crippen LogP contribution is -2.31. The number of benzene rings is 2. The molecule has 1 heterocycles. The van der Waals surface area contributed by atoms with Gasteiger partial charge in [-0.1, -0.05) is 11.6 Å². The molecule has 0 aliphatic rings. The monoisotopic (exact) mass is 360 g/mol. The van der Waals surface area contributed by atoms with Gasteiger partial charge < -0.3 is 5.32 Å². The Labute approximate surface area is 150 Å². The van der Waals surface area contributed by atoms with Crippen LogP contribution in [0.3, 0.4) is 0 Å². The number of hydrogen-bond acceptors (Lipinski definition) is 2. The van der Waals surface area contributed by atoms with Crippen LogP contribution >= 0.6 is 11.6 Å². The van der Waals surface area contributed by atoms with E-state index >= 15 is 0 Å². The Hall–Kier alpha value is -2.60. The second-order valence-corrected chi connectivity index (χ2v) is 6.37. The predicted molar refractivity (Wildman–Crippen MR) is 99.0 cm³/mol. The molecule has 3 rings (SSSR count). The van der Waals surface area contributed by atoms with Crippen LogP contribution in [0.2, 0.25) is 5.02 Å². The van der Waals surface area contributed by atoms with Gasteiger partial charge in [0.15, 0.2) is 0 Å². The van der Waals surface area contributed by atoms with Crippen LogP contribution in [0.1, 0.15) is 11.3 Å². The molecule has 2 amide bonds.